The van der Waals surface area contributed by atoms with Crippen molar-refractivity contribution in [3.8, 4) is 22.5 Å². The second-order valence-electron chi connectivity index (χ2n) is 9.29. The molecule has 8 aromatic rings. The SMILES string of the molecule is Cn1c(-c2ccccc2)nc2cc(-c3ccc4oc5c(ccc6c7ccccc7oc65)c4c3)ccc21. The molecule has 0 amide bonds. The molecule has 0 saturated heterocycles. The molecule has 170 valence electrons. The second kappa shape index (κ2) is 7.09. The maximum absolute atomic E-state index is 6.31. The normalized spacial score (nSPS) is 12.0. The molecule has 0 aliphatic heterocycles. The molecule has 0 unspecified atom stereocenters. The minimum atomic E-state index is 0.795. The smallest absolute Gasteiger partial charge is 0.178 e. The Bertz CT molecular complexity index is 2110. The van der Waals surface area contributed by atoms with Crippen molar-refractivity contribution in [3.63, 3.8) is 0 Å². The van der Waals surface area contributed by atoms with Crippen molar-refractivity contribution in [1.29, 1.82) is 0 Å². The maximum Gasteiger partial charge on any atom is 0.178 e. The first-order chi connectivity index (χ1) is 17.7. The van der Waals surface area contributed by atoms with Gasteiger partial charge in [0.1, 0.15) is 17.0 Å². The van der Waals surface area contributed by atoms with Gasteiger partial charge >= 0.3 is 0 Å². The van der Waals surface area contributed by atoms with Crippen LogP contribution in [0.4, 0.5) is 0 Å². The number of aryl methyl sites for hydroxylation is 1. The summed E-state index contributed by atoms with van der Waals surface area (Å²) >= 11 is 0. The van der Waals surface area contributed by atoms with Crippen molar-refractivity contribution < 1.29 is 8.83 Å². The van der Waals surface area contributed by atoms with Crippen LogP contribution in [-0.2, 0) is 7.05 Å². The van der Waals surface area contributed by atoms with Gasteiger partial charge in [0.15, 0.2) is 11.2 Å². The Kier molecular flexibility index (Phi) is 3.84. The first kappa shape index (κ1) is 19.5. The van der Waals surface area contributed by atoms with Crippen molar-refractivity contribution in [2.24, 2.45) is 7.05 Å². The van der Waals surface area contributed by atoms with E-state index < -0.39 is 0 Å². The van der Waals surface area contributed by atoms with E-state index in [2.05, 4.69) is 78.3 Å². The van der Waals surface area contributed by atoms with Gasteiger partial charge in [-0.25, -0.2) is 4.98 Å². The minimum Gasteiger partial charge on any atom is -0.452 e. The molecular weight excluding hydrogens is 444 g/mol. The molecule has 0 fully saturated rings. The molecule has 0 aliphatic carbocycles. The lowest BCUT2D eigenvalue weighted by atomic mass is 10.0. The number of rotatable bonds is 2. The van der Waals surface area contributed by atoms with Crippen LogP contribution in [0.5, 0.6) is 0 Å². The molecule has 3 heterocycles. The van der Waals surface area contributed by atoms with Crippen LogP contribution in [0.1, 0.15) is 0 Å². The highest BCUT2D eigenvalue weighted by Crippen LogP contribution is 2.40. The van der Waals surface area contributed by atoms with Crippen molar-refractivity contribution in [3.05, 3.63) is 103 Å². The summed E-state index contributed by atoms with van der Waals surface area (Å²) in [5.74, 6) is 0.967. The van der Waals surface area contributed by atoms with Crippen molar-refractivity contribution in [2.45, 2.75) is 0 Å². The van der Waals surface area contributed by atoms with Crippen LogP contribution >= 0.6 is 0 Å². The molecule has 0 saturated carbocycles. The van der Waals surface area contributed by atoms with Gasteiger partial charge in [0.2, 0.25) is 0 Å². The number of benzene rings is 5. The Morgan fingerprint density at radius 2 is 1.22 bits per heavy atom. The number of furan rings is 2. The van der Waals surface area contributed by atoms with E-state index in [1.165, 1.54) is 0 Å². The molecule has 0 spiro atoms. The summed E-state index contributed by atoms with van der Waals surface area (Å²) in [5.41, 5.74) is 8.78. The second-order valence-corrected chi connectivity index (χ2v) is 9.29. The summed E-state index contributed by atoms with van der Waals surface area (Å²) < 4.78 is 14.7. The van der Waals surface area contributed by atoms with E-state index in [0.717, 1.165) is 77.4 Å². The van der Waals surface area contributed by atoms with Gasteiger partial charge in [-0.3, -0.25) is 0 Å². The van der Waals surface area contributed by atoms with Crippen LogP contribution in [0.25, 0.3) is 77.4 Å². The van der Waals surface area contributed by atoms with E-state index in [1.54, 1.807) is 0 Å². The van der Waals surface area contributed by atoms with Gasteiger partial charge in [-0.2, -0.15) is 0 Å². The summed E-state index contributed by atoms with van der Waals surface area (Å²) in [5, 5.41) is 4.32. The summed E-state index contributed by atoms with van der Waals surface area (Å²) in [6.07, 6.45) is 0. The highest BCUT2D eigenvalue weighted by atomic mass is 16.4. The van der Waals surface area contributed by atoms with Gasteiger partial charge in [0.05, 0.1) is 11.0 Å². The van der Waals surface area contributed by atoms with Crippen LogP contribution in [0, 0.1) is 0 Å². The van der Waals surface area contributed by atoms with Crippen LogP contribution in [0.2, 0.25) is 0 Å². The van der Waals surface area contributed by atoms with Crippen LogP contribution in [0.15, 0.2) is 112 Å². The Morgan fingerprint density at radius 3 is 2.06 bits per heavy atom. The monoisotopic (exact) mass is 464 g/mol. The Hall–Kier alpha value is -4.83. The third-order valence-electron chi connectivity index (χ3n) is 7.23. The number of imidazole rings is 1. The standard InChI is InChI=1S/C32H20N2O2/c1-34-27-15-11-21(18-26(27)33-32(34)19-7-3-2-4-8-19)20-12-16-29-25(17-20)24-14-13-23-22-9-5-6-10-28(22)35-30(23)31(24)36-29/h2-18H,1H3. The largest absolute Gasteiger partial charge is 0.452 e. The van der Waals surface area contributed by atoms with Crippen LogP contribution in [-0.4, -0.2) is 9.55 Å². The lowest BCUT2D eigenvalue weighted by Crippen LogP contribution is -1.91. The maximum atomic E-state index is 6.31. The number of hydrogen-bond donors (Lipinski definition) is 0. The molecule has 36 heavy (non-hydrogen) atoms. The van der Waals surface area contributed by atoms with E-state index >= 15 is 0 Å². The van der Waals surface area contributed by atoms with Gasteiger partial charge < -0.3 is 13.4 Å². The van der Waals surface area contributed by atoms with E-state index in [9.17, 15) is 0 Å². The quantitative estimate of drug-likeness (QED) is 0.257. The van der Waals surface area contributed by atoms with Gasteiger partial charge in [-0.05, 0) is 53.6 Å². The van der Waals surface area contributed by atoms with Crippen molar-refractivity contribution >= 4 is 54.9 Å². The number of fused-ring (bicyclic) bond motifs is 8. The van der Waals surface area contributed by atoms with Crippen molar-refractivity contribution in [1.82, 2.24) is 9.55 Å². The third kappa shape index (κ3) is 2.67. The number of hydrogen-bond acceptors (Lipinski definition) is 3. The first-order valence-electron chi connectivity index (χ1n) is 12.0. The molecule has 5 aromatic carbocycles. The highest BCUT2D eigenvalue weighted by molar-refractivity contribution is 6.19. The Balaban J connectivity index is 1.30. The topological polar surface area (TPSA) is 44.1 Å². The van der Waals surface area contributed by atoms with Crippen LogP contribution < -0.4 is 0 Å². The molecule has 0 atom stereocenters. The zero-order chi connectivity index (χ0) is 23.8. The summed E-state index contributed by atoms with van der Waals surface area (Å²) in [6.45, 7) is 0. The highest BCUT2D eigenvalue weighted by Gasteiger charge is 2.17. The lowest BCUT2D eigenvalue weighted by molar-refractivity contribution is 0.633. The van der Waals surface area contributed by atoms with E-state index in [4.69, 9.17) is 13.8 Å². The molecule has 3 aromatic heterocycles. The van der Waals surface area contributed by atoms with Gasteiger partial charge in [-0.15, -0.1) is 0 Å². The molecule has 0 aliphatic rings. The van der Waals surface area contributed by atoms with Crippen LogP contribution in [0.3, 0.4) is 0 Å². The molecule has 4 nitrogen and oxygen atoms in total. The van der Waals surface area contributed by atoms with Gasteiger partial charge in [0, 0.05) is 34.2 Å². The summed E-state index contributed by atoms with van der Waals surface area (Å²) in [4.78, 5) is 4.96. The number of para-hydroxylation sites is 1. The predicted octanol–water partition coefficient (Wildman–Crippen LogP) is 8.71. The molecule has 4 heteroatoms. The van der Waals surface area contributed by atoms with Gasteiger partial charge in [0.25, 0.3) is 0 Å². The minimum absolute atomic E-state index is 0.795. The molecule has 0 N–H and O–H groups in total. The Labute approximate surface area is 206 Å². The molecule has 0 radical (unpaired) electrons. The van der Waals surface area contributed by atoms with Gasteiger partial charge in [-0.1, -0.05) is 60.7 Å². The predicted molar refractivity (Wildman–Crippen MR) is 146 cm³/mol. The fourth-order valence-electron chi connectivity index (χ4n) is 5.42. The average Bonchev–Trinajstić information content (AvgIpc) is 3.59. The fourth-order valence-corrected chi connectivity index (χ4v) is 5.42. The molecular formula is C32H20N2O2. The van der Waals surface area contributed by atoms with E-state index in [0.29, 0.717) is 0 Å². The third-order valence-corrected chi connectivity index (χ3v) is 7.23. The van der Waals surface area contributed by atoms with E-state index in [-0.39, 0.29) is 0 Å². The Morgan fingerprint density at radius 1 is 0.556 bits per heavy atom. The molecule has 0 bridgehead atoms. The number of aromatic nitrogens is 2. The zero-order valence-electron chi connectivity index (χ0n) is 19.5. The summed E-state index contributed by atoms with van der Waals surface area (Å²) in [6, 6.07) is 35.6. The van der Waals surface area contributed by atoms with Crippen molar-refractivity contribution in [2.75, 3.05) is 0 Å². The summed E-state index contributed by atoms with van der Waals surface area (Å²) in [7, 11) is 2.07. The first-order valence-corrected chi connectivity index (χ1v) is 12.0. The fraction of sp³-hybridized carbons (Fsp3) is 0.0312. The average molecular weight is 465 g/mol. The number of nitrogens with zero attached hydrogens (tertiary/aromatic N) is 2. The zero-order valence-corrected chi connectivity index (χ0v) is 19.5. The van der Waals surface area contributed by atoms with E-state index in [1.807, 2.05) is 36.4 Å². The molecule has 8 rings (SSSR count). The lowest BCUT2D eigenvalue weighted by Gasteiger charge is -2.03.